The third-order valence-corrected chi connectivity index (χ3v) is 4.13. The Balaban J connectivity index is 1.67. The van der Waals surface area contributed by atoms with E-state index in [-0.39, 0.29) is 18.8 Å². The third kappa shape index (κ3) is 5.43. The zero-order chi connectivity index (χ0) is 19.4. The van der Waals surface area contributed by atoms with Gasteiger partial charge < -0.3 is 19.1 Å². The smallest absolute Gasteiger partial charge is 0.410 e. The van der Waals surface area contributed by atoms with Gasteiger partial charge in [-0.15, -0.1) is 0 Å². The van der Waals surface area contributed by atoms with E-state index >= 15 is 0 Å². The Hall–Kier alpha value is -2.12. The van der Waals surface area contributed by atoms with Crippen LogP contribution < -0.4 is 4.74 Å². The highest BCUT2D eigenvalue weighted by Gasteiger charge is 2.27. The Labute approximate surface area is 163 Å². The summed E-state index contributed by atoms with van der Waals surface area (Å²) in [4.78, 5) is 22.6. The predicted molar refractivity (Wildman–Crippen MR) is 102 cm³/mol. The lowest BCUT2D eigenvalue weighted by molar-refractivity contribution is 0.00253. The zero-order valence-corrected chi connectivity index (χ0v) is 16.5. The molecule has 2 aromatic rings. The lowest BCUT2D eigenvalue weighted by Gasteiger charge is -2.27. The van der Waals surface area contributed by atoms with E-state index in [4.69, 9.17) is 25.8 Å². The number of nitrogens with zero attached hydrogens (tertiary/aromatic N) is 3. The maximum atomic E-state index is 12.4. The molecule has 1 atom stereocenters. The molecule has 1 amide bonds. The van der Waals surface area contributed by atoms with E-state index in [0.29, 0.717) is 36.2 Å². The Bertz CT molecular complexity index is 809. The van der Waals surface area contributed by atoms with Crippen molar-refractivity contribution >= 4 is 28.6 Å². The van der Waals surface area contributed by atoms with Crippen molar-refractivity contribution in [3.8, 4) is 5.88 Å². The number of hydrogen-bond acceptors (Lipinski definition) is 6. The van der Waals surface area contributed by atoms with Crippen molar-refractivity contribution in [2.24, 2.45) is 0 Å². The fraction of sp³-hybridized carbons (Fsp3) is 0.526. The number of hydrogen-bond donors (Lipinski definition) is 0. The van der Waals surface area contributed by atoms with Crippen LogP contribution in [0, 0.1) is 0 Å². The summed E-state index contributed by atoms with van der Waals surface area (Å²) in [6, 6.07) is 5.38. The summed E-state index contributed by atoms with van der Waals surface area (Å²) in [5.41, 5.74) is 0.178. The highest BCUT2D eigenvalue weighted by molar-refractivity contribution is 6.30. The molecule has 1 aliphatic heterocycles. The molecule has 0 bridgehead atoms. The van der Waals surface area contributed by atoms with Gasteiger partial charge in [-0.05, 0) is 39.3 Å². The number of rotatable bonds is 3. The number of carbonyl (C=O) groups is 1. The van der Waals surface area contributed by atoms with Crippen molar-refractivity contribution in [3.05, 3.63) is 29.5 Å². The van der Waals surface area contributed by atoms with Crippen molar-refractivity contribution in [3.63, 3.8) is 0 Å². The molecule has 1 saturated heterocycles. The SMILES string of the molecule is CC(C)(C)OC(=O)N1CCCO[C@H](COc2nc(Cl)cc3ncccc23)C1. The molecule has 0 radical (unpaired) electrons. The third-order valence-electron chi connectivity index (χ3n) is 3.94. The first-order valence-corrected chi connectivity index (χ1v) is 9.33. The number of aromatic nitrogens is 2. The summed E-state index contributed by atoms with van der Waals surface area (Å²) in [6.07, 6.45) is 1.81. The second kappa shape index (κ2) is 8.27. The molecule has 146 valence electrons. The summed E-state index contributed by atoms with van der Waals surface area (Å²) in [7, 11) is 0. The topological polar surface area (TPSA) is 73.8 Å². The minimum absolute atomic E-state index is 0.247. The Morgan fingerprint density at radius 3 is 3.04 bits per heavy atom. The molecular formula is C19H24ClN3O4. The molecule has 0 unspecified atom stereocenters. The van der Waals surface area contributed by atoms with Crippen molar-refractivity contribution in [2.75, 3.05) is 26.3 Å². The van der Waals surface area contributed by atoms with Crippen molar-refractivity contribution in [2.45, 2.75) is 38.9 Å². The van der Waals surface area contributed by atoms with Crippen LogP contribution in [0.3, 0.4) is 0 Å². The van der Waals surface area contributed by atoms with E-state index in [0.717, 1.165) is 11.8 Å². The first-order chi connectivity index (χ1) is 12.8. The highest BCUT2D eigenvalue weighted by Crippen LogP contribution is 2.25. The number of ether oxygens (including phenoxy) is 3. The van der Waals surface area contributed by atoms with Crippen molar-refractivity contribution in [1.82, 2.24) is 14.9 Å². The second-order valence-corrected chi connectivity index (χ2v) is 7.79. The van der Waals surface area contributed by atoms with Gasteiger partial charge in [0, 0.05) is 25.4 Å². The lowest BCUT2D eigenvalue weighted by atomic mass is 10.2. The summed E-state index contributed by atoms with van der Waals surface area (Å²) in [5, 5.41) is 1.09. The molecule has 2 aromatic heterocycles. The Morgan fingerprint density at radius 2 is 2.26 bits per heavy atom. The maximum Gasteiger partial charge on any atom is 0.410 e. The van der Waals surface area contributed by atoms with Gasteiger partial charge in [-0.3, -0.25) is 4.98 Å². The van der Waals surface area contributed by atoms with Crippen LogP contribution in [0.5, 0.6) is 5.88 Å². The van der Waals surface area contributed by atoms with Crippen LogP contribution in [0.4, 0.5) is 4.79 Å². The summed E-state index contributed by atoms with van der Waals surface area (Å²) < 4.78 is 17.2. The van der Waals surface area contributed by atoms with Gasteiger partial charge in [0.15, 0.2) is 0 Å². The van der Waals surface area contributed by atoms with Crippen LogP contribution in [0.2, 0.25) is 5.15 Å². The van der Waals surface area contributed by atoms with Gasteiger partial charge in [-0.1, -0.05) is 11.6 Å². The van der Waals surface area contributed by atoms with Crippen LogP contribution in [-0.4, -0.2) is 59.0 Å². The monoisotopic (exact) mass is 393 g/mol. The molecule has 0 N–H and O–H groups in total. The average molecular weight is 394 g/mol. The number of pyridine rings is 2. The quantitative estimate of drug-likeness (QED) is 0.740. The zero-order valence-electron chi connectivity index (χ0n) is 15.8. The van der Waals surface area contributed by atoms with Gasteiger partial charge in [-0.25, -0.2) is 9.78 Å². The molecular weight excluding hydrogens is 370 g/mol. The number of amides is 1. The molecule has 1 aliphatic rings. The van der Waals surface area contributed by atoms with Crippen LogP contribution in [0.1, 0.15) is 27.2 Å². The fourth-order valence-electron chi connectivity index (χ4n) is 2.79. The molecule has 0 aromatic carbocycles. The van der Waals surface area contributed by atoms with E-state index in [1.54, 1.807) is 17.2 Å². The molecule has 27 heavy (non-hydrogen) atoms. The van der Waals surface area contributed by atoms with Crippen molar-refractivity contribution < 1.29 is 19.0 Å². The van der Waals surface area contributed by atoms with Gasteiger partial charge in [0.25, 0.3) is 0 Å². The first kappa shape index (κ1) is 19.6. The summed E-state index contributed by atoms with van der Waals surface area (Å²) in [6.45, 7) is 7.34. The van der Waals surface area contributed by atoms with Crippen LogP contribution in [-0.2, 0) is 9.47 Å². The van der Waals surface area contributed by atoms with E-state index < -0.39 is 5.60 Å². The lowest BCUT2D eigenvalue weighted by Crippen LogP contribution is -2.42. The van der Waals surface area contributed by atoms with Crippen LogP contribution in [0.25, 0.3) is 10.9 Å². The van der Waals surface area contributed by atoms with Gasteiger partial charge in [0.05, 0.1) is 17.4 Å². The predicted octanol–water partition coefficient (Wildman–Crippen LogP) is 3.69. The molecule has 7 nitrogen and oxygen atoms in total. The summed E-state index contributed by atoms with van der Waals surface area (Å²) in [5.74, 6) is 0.405. The van der Waals surface area contributed by atoms with Crippen LogP contribution in [0.15, 0.2) is 24.4 Å². The average Bonchev–Trinajstić information content (AvgIpc) is 2.84. The Morgan fingerprint density at radius 1 is 1.44 bits per heavy atom. The number of fused-ring (bicyclic) bond motifs is 1. The van der Waals surface area contributed by atoms with E-state index in [1.165, 1.54) is 0 Å². The number of halogens is 1. The minimum Gasteiger partial charge on any atom is -0.474 e. The largest absolute Gasteiger partial charge is 0.474 e. The minimum atomic E-state index is -0.535. The molecule has 0 saturated carbocycles. The Kier molecular flexibility index (Phi) is 6.01. The van der Waals surface area contributed by atoms with Crippen LogP contribution >= 0.6 is 11.6 Å². The fourth-order valence-corrected chi connectivity index (χ4v) is 2.97. The van der Waals surface area contributed by atoms with E-state index in [2.05, 4.69) is 9.97 Å². The first-order valence-electron chi connectivity index (χ1n) is 8.95. The van der Waals surface area contributed by atoms with E-state index in [1.807, 2.05) is 32.9 Å². The molecule has 3 heterocycles. The normalized spacial score (nSPS) is 18.2. The molecule has 1 fully saturated rings. The maximum absolute atomic E-state index is 12.4. The number of carbonyl (C=O) groups excluding carboxylic acids is 1. The van der Waals surface area contributed by atoms with E-state index in [9.17, 15) is 4.79 Å². The van der Waals surface area contributed by atoms with Gasteiger partial charge in [0.2, 0.25) is 5.88 Å². The molecule has 0 aliphatic carbocycles. The second-order valence-electron chi connectivity index (χ2n) is 7.40. The van der Waals surface area contributed by atoms with Gasteiger partial charge in [0.1, 0.15) is 23.5 Å². The summed E-state index contributed by atoms with van der Waals surface area (Å²) >= 11 is 6.07. The standard InChI is InChI=1S/C19H24ClN3O4/c1-19(2,3)27-18(24)23-8-5-9-25-13(11-23)12-26-17-14-6-4-7-21-15(14)10-16(20)22-17/h4,6-7,10,13H,5,8-9,11-12H2,1-3H3/t13-/m0/s1. The molecule has 3 rings (SSSR count). The van der Waals surface area contributed by atoms with Crippen molar-refractivity contribution in [1.29, 1.82) is 0 Å². The molecule has 8 heteroatoms. The van der Waals surface area contributed by atoms with Gasteiger partial charge >= 0.3 is 6.09 Å². The molecule has 0 spiro atoms. The van der Waals surface area contributed by atoms with Gasteiger partial charge in [-0.2, -0.15) is 0 Å². The highest BCUT2D eigenvalue weighted by atomic mass is 35.5.